The first-order chi connectivity index (χ1) is 9.00. The highest BCUT2D eigenvalue weighted by Gasteiger charge is 2.18. The maximum atomic E-state index is 13.0. The van der Waals surface area contributed by atoms with E-state index >= 15 is 0 Å². The van der Waals surface area contributed by atoms with Gasteiger partial charge in [-0.3, -0.25) is 9.78 Å². The molecule has 0 saturated heterocycles. The monoisotopic (exact) mass is 371 g/mol. The van der Waals surface area contributed by atoms with E-state index in [1.54, 1.807) is 19.3 Å². The zero-order valence-corrected chi connectivity index (χ0v) is 12.3. The fourth-order valence-electron chi connectivity index (χ4n) is 1.66. The zero-order valence-electron chi connectivity index (χ0n) is 10.1. The summed E-state index contributed by atoms with van der Waals surface area (Å²) in [4.78, 5) is 17.6. The summed E-state index contributed by atoms with van der Waals surface area (Å²) in [5.41, 5.74) is 7.19. The van der Waals surface area contributed by atoms with Gasteiger partial charge in [0.15, 0.2) is 0 Å². The summed E-state index contributed by atoms with van der Waals surface area (Å²) in [5.74, 6) is -0.616. The summed E-state index contributed by atoms with van der Waals surface area (Å²) in [6.07, 6.45) is 3.04. The predicted molar refractivity (Wildman–Crippen MR) is 80.5 cm³/mol. The summed E-state index contributed by atoms with van der Waals surface area (Å²) in [6, 6.07) is 5.70. The number of hydrogen-bond donors (Lipinski definition) is 1. The molecule has 2 aromatic rings. The molecule has 0 radical (unpaired) electrons. The lowest BCUT2D eigenvalue weighted by molar-refractivity contribution is 0.0992. The fraction of sp³-hybridized carbons (Fsp3) is 0.0769. The minimum Gasteiger partial charge on any atom is -0.396 e. The number of nitrogens with two attached hydrogens (primary N) is 1. The van der Waals surface area contributed by atoms with E-state index in [1.807, 2.05) is 22.6 Å². The molecule has 0 bridgehead atoms. The summed E-state index contributed by atoms with van der Waals surface area (Å²) in [5, 5.41) is 0. The van der Waals surface area contributed by atoms with E-state index in [2.05, 4.69) is 4.98 Å². The second-order valence-electron chi connectivity index (χ2n) is 3.92. The van der Waals surface area contributed by atoms with E-state index in [0.29, 0.717) is 20.5 Å². The smallest absolute Gasteiger partial charge is 0.259 e. The molecule has 1 heterocycles. The van der Waals surface area contributed by atoms with Gasteiger partial charge in [0, 0.05) is 16.8 Å². The van der Waals surface area contributed by atoms with Gasteiger partial charge < -0.3 is 10.6 Å². The van der Waals surface area contributed by atoms with Crippen molar-refractivity contribution in [3.63, 3.8) is 0 Å². The number of amides is 1. The van der Waals surface area contributed by atoms with Gasteiger partial charge in [-0.2, -0.15) is 0 Å². The molecule has 2 rings (SSSR count). The van der Waals surface area contributed by atoms with Crippen LogP contribution in [0.5, 0.6) is 0 Å². The normalized spacial score (nSPS) is 10.3. The van der Waals surface area contributed by atoms with Crippen molar-refractivity contribution in [2.24, 2.45) is 0 Å². The van der Waals surface area contributed by atoms with Crippen molar-refractivity contribution in [1.82, 2.24) is 4.98 Å². The van der Waals surface area contributed by atoms with E-state index in [0.717, 1.165) is 0 Å². The lowest BCUT2D eigenvalue weighted by Gasteiger charge is -2.19. The van der Waals surface area contributed by atoms with Crippen LogP contribution in [0.15, 0.2) is 36.7 Å². The summed E-state index contributed by atoms with van der Waals surface area (Å²) >= 11 is 1.93. The van der Waals surface area contributed by atoms with Gasteiger partial charge in [-0.05, 0) is 46.9 Å². The molecule has 4 nitrogen and oxygen atoms in total. The third-order valence-electron chi connectivity index (χ3n) is 2.66. The maximum absolute atomic E-state index is 13.0. The number of carbonyl (C=O) groups excluding carboxylic acids is 1. The Bertz CT molecular complexity index is 633. The molecular weight excluding hydrogens is 360 g/mol. The van der Waals surface area contributed by atoms with E-state index in [9.17, 15) is 9.18 Å². The van der Waals surface area contributed by atoms with Gasteiger partial charge in [-0.15, -0.1) is 0 Å². The minimum atomic E-state index is -0.368. The van der Waals surface area contributed by atoms with Crippen molar-refractivity contribution in [3.8, 4) is 0 Å². The molecule has 0 atom stereocenters. The number of benzene rings is 1. The Morgan fingerprint density at radius 2 is 2.16 bits per heavy atom. The van der Waals surface area contributed by atoms with Crippen LogP contribution < -0.4 is 10.6 Å². The molecule has 0 spiro atoms. The number of aromatic nitrogens is 1. The Balaban J connectivity index is 2.37. The van der Waals surface area contributed by atoms with Crippen molar-refractivity contribution in [1.29, 1.82) is 0 Å². The van der Waals surface area contributed by atoms with Crippen LogP contribution in [0.25, 0.3) is 0 Å². The molecule has 0 fully saturated rings. The molecule has 19 heavy (non-hydrogen) atoms. The van der Waals surface area contributed by atoms with Crippen LogP contribution in [0.2, 0.25) is 0 Å². The first-order valence-electron chi connectivity index (χ1n) is 5.43. The van der Waals surface area contributed by atoms with Crippen molar-refractivity contribution < 1.29 is 9.18 Å². The predicted octanol–water partition coefficient (Wildman–Crippen LogP) is 2.68. The Kier molecular flexibility index (Phi) is 3.98. The van der Waals surface area contributed by atoms with Gasteiger partial charge in [-0.1, -0.05) is 0 Å². The number of halogens is 2. The van der Waals surface area contributed by atoms with Crippen LogP contribution in [0, 0.1) is 9.39 Å². The average molecular weight is 371 g/mol. The zero-order chi connectivity index (χ0) is 14.0. The molecule has 0 aliphatic heterocycles. The van der Waals surface area contributed by atoms with Crippen molar-refractivity contribution in [3.05, 3.63) is 51.6 Å². The first-order valence-corrected chi connectivity index (χ1v) is 6.51. The van der Waals surface area contributed by atoms with Crippen molar-refractivity contribution in [2.75, 3.05) is 17.7 Å². The number of nitrogen functional groups attached to an aromatic ring is 1. The standard InChI is InChI=1S/C13H11FIN3O/c1-18(12-4-5-17-7-11(12)16)13(19)9-3-2-8(14)6-10(9)15/h2-7H,16H2,1H3. The number of rotatable bonds is 2. The van der Waals surface area contributed by atoms with Gasteiger partial charge in [0.25, 0.3) is 5.91 Å². The third-order valence-corrected chi connectivity index (χ3v) is 3.55. The van der Waals surface area contributed by atoms with E-state index in [-0.39, 0.29) is 11.7 Å². The molecule has 0 aliphatic carbocycles. The topological polar surface area (TPSA) is 59.2 Å². The highest BCUT2D eigenvalue weighted by atomic mass is 127. The molecular formula is C13H11FIN3O. The molecule has 6 heteroatoms. The van der Waals surface area contributed by atoms with Crippen molar-refractivity contribution >= 4 is 39.9 Å². The first kappa shape index (κ1) is 13.7. The molecule has 2 N–H and O–H groups in total. The molecule has 1 aromatic carbocycles. The average Bonchev–Trinajstić information content (AvgIpc) is 2.38. The largest absolute Gasteiger partial charge is 0.396 e. The highest BCUT2D eigenvalue weighted by molar-refractivity contribution is 14.1. The van der Waals surface area contributed by atoms with Crippen molar-refractivity contribution in [2.45, 2.75) is 0 Å². The maximum Gasteiger partial charge on any atom is 0.259 e. The lowest BCUT2D eigenvalue weighted by Crippen LogP contribution is -2.27. The second-order valence-corrected chi connectivity index (χ2v) is 5.09. The summed E-state index contributed by atoms with van der Waals surface area (Å²) in [7, 11) is 1.62. The van der Waals surface area contributed by atoms with Crippen LogP contribution in [0.1, 0.15) is 10.4 Å². The van der Waals surface area contributed by atoms with Crippen LogP contribution in [0.4, 0.5) is 15.8 Å². The number of carbonyl (C=O) groups is 1. The van der Waals surface area contributed by atoms with Gasteiger partial charge in [0.05, 0.1) is 23.1 Å². The van der Waals surface area contributed by atoms with Crippen LogP contribution >= 0.6 is 22.6 Å². The number of nitrogens with zero attached hydrogens (tertiary/aromatic N) is 2. The molecule has 98 valence electrons. The molecule has 1 amide bonds. The van der Waals surface area contributed by atoms with E-state index in [4.69, 9.17) is 5.73 Å². The third kappa shape index (κ3) is 2.83. The number of anilines is 2. The van der Waals surface area contributed by atoms with E-state index in [1.165, 1.54) is 29.3 Å². The molecule has 1 aromatic heterocycles. The minimum absolute atomic E-state index is 0.248. The highest BCUT2D eigenvalue weighted by Crippen LogP contribution is 2.23. The van der Waals surface area contributed by atoms with E-state index < -0.39 is 0 Å². The summed E-state index contributed by atoms with van der Waals surface area (Å²) < 4.78 is 13.6. The Morgan fingerprint density at radius 1 is 1.42 bits per heavy atom. The SMILES string of the molecule is CN(C(=O)c1ccc(F)cc1I)c1ccncc1N. The molecule has 0 unspecified atom stereocenters. The van der Waals surface area contributed by atoms with Gasteiger partial charge in [0.2, 0.25) is 0 Å². The van der Waals surface area contributed by atoms with Gasteiger partial charge in [-0.25, -0.2) is 4.39 Å². The summed E-state index contributed by atoms with van der Waals surface area (Å²) in [6.45, 7) is 0. The second kappa shape index (κ2) is 5.52. The Morgan fingerprint density at radius 3 is 2.79 bits per heavy atom. The van der Waals surface area contributed by atoms with Gasteiger partial charge >= 0.3 is 0 Å². The Hall–Kier alpha value is -1.70. The molecule has 0 saturated carbocycles. The van der Waals surface area contributed by atoms with Crippen LogP contribution in [0.3, 0.4) is 0 Å². The Labute approximate surface area is 123 Å². The van der Waals surface area contributed by atoms with Crippen LogP contribution in [-0.2, 0) is 0 Å². The quantitative estimate of drug-likeness (QED) is 0.826. The number of hydrogen-bond acceptors (Lipinski definition) is 3. The molecule has 0 aliphatic rings. The van der Waals surface area contributed by atoms with Gasteiger partial charge in [0.1, 0.15) is 5.82 Å². The number of pyridine rings is 1. The lowest BCUT2D eigenvalue weighted by atomic mass is 10.2. The van der Waals surface area contributed by atoms with Crippen LogP contribution in [-0.4, -0.2) is 17.9 Å². The fourth-order valence-corrected chi connectivity index (χ4v) is 2.37.